The number of hydrogen-bond donors (Lipinski definition) is 0. The van der Waals surface area contributed by atoms with Gasteiger partial charge in [0.05, 0.1) is 46.6 Å². The molecule has 0 spiro atoms. The number of hydrogen-bond acceptors (Lipinski definition) is 4. The third kappa shape index (κ3) is 5.26. The quantitative estimate of drug-likeness (QED) is 0.213. The fourth-order valence-corrected chi connectivity index (χ4v) is 9.50. The number of aromatic nitrogens is 1. The highest BCUT2D eigenvalue weighted by molar-refractivity contribution is 5.92. The molecule has 2 heterocycles. The van der Waals surface area contributed by atoms with Crippen molar-refractivity contribution in [3.63, 3.8) is 0 Å². The highest BCUT2D eigenvalue weighted by Crippen LogP contribution is 2.52. The van der Waals surface area contributed by atoms with E-state index in [9.17, 15) is 15.8 Å². The van der Waals surface area contributed by atoms with Gasteiger partial charge in [0.15, 0.2) is 0 Å². The molecule has 54 heavy (non-hydrogen) atoms. The van der Waals surface area contributed by atoms with Crippen molar-refractivity contribution in [3.8, 4) is 23.9 Å². The van der Waals surface area contributed by atoms with Gasteiger partial charge in [0.2, 0.25) is 0 Å². The van der Waals surface area contributed by atoms with Crippen LogP contribution in [0.1, 0.15) is 65.1 Å². The van der Waals surface area contributed by atoms with Crippen molar-refractivity contribution in [1.82, 2.24) is 4.57 Å². The Morgan fingerprint density at radius 3 is 2.59 bits per heavy atom. The van der Waals surface area contributed by atoms with E-state index in [4.69, 9.17) is 0 Å². The molecule has 0 bridgehead atoms. The summed E-state index contributed by atoms with van der Waals surface area (Å²) in [7, 11) is 0. The van der Waals surface area contributed by atoms with Crippen LogP contribution in [0.2, 0.25) is 0 Å². The molecule has 3 aromatic carbocycles. The third-order valence-corrected chi connectivity index (χ3v) is 12.0. The van der Waals surface area contributed by atoms with Gasteiger partial charge in [-0.05, 0) is 102 Å². The van der Waals surface area contributed by atoms with Crippen LogP contribution in [0.4, 0.5) is 5.69 Å². The van der Waals surface area contributed by atoms with E-state index >= 15 is 0 Å². The van der Waals surface area contributed by atoms with Crippen LogP contribution < -0.4 is 4.90 Å². The van der Waals surface area contributed by atoms with Crippen LogP contribution >= 0.6 is 0 Å². The lowest BCUT2D eigenvalue weighted by Gasteiger charge is -2.47. The molecule has 0 amide bonds. The van der Waals surface area contributed by atoms with Crippen LogP contribution in [0.5, 0.6) is 0 Å². The summed E-state index contributed by atoms with van der Waals surface area (Å²) in [6, 6.07) is 28.5. The molecule has 3 unspecified atom stereocenters. The minimum atomic E-state index is -0.373. The molecule has 9 rings (SSSR count). The van der Waals surface area contributed by atoms with Gasteiger partial charge in [-0.3, -0.25) is 0 Å². The van der Waals surface area contributed by atoms with E-state index < -0.39 is 0 Å². The molecule has 0 saturated heterocycles. The SMILES string of the molecule is Cc1cccc(-n2c3c(c4cc(C#N)ccc42)CC(C#N)=CC=C3)c1[C@H]1C(C2=CC(N3CC4(C)C=CC=CC4c4ccccc43)=CCC2)=CC=CC1C#N. The lowest BCUT2D eigenvalue weighted by Crippen LogP contribution is -2.43. The van der Waals surface area contributed by atoms with E-state index in [-0.39, 0.29) is 17.3 Å². The van der Waals surface area contributed by atoms with E-state index in [1.807, 2.05) is 36.4 Å². The molecular formula is C49H39N5. The first-order valence-corrected chi connectivity index (χ1v) is 18.8. The second kappa shape index (κ2) is 13.1. The minimum absolute atomic E-state index is 0.0315. The van der Waals surface area contributed by atoms with Gasteiger partial charge in [-0.25, -0.2) is 0 Å². The molecule has 4 aliphatic carbocycles. The van der Waals surface area contributed by atoms with Crippen LogP contribution in [0.25, 0.3) is 22.7 Å². The number of aryl methyl sites for hydroxylation is 1. The largest absolute Gasteiger partial charge is 0.341 e. The predicted octanol–water partition coefficient (Wildman–Crippen LogP) is 10.9. The Kier molecular flexibility index (Phi) is 8.07. The van der Waals surface area contributed by atoms with E-state index in [0.717, 1.165) is 58.4 Å². The van der Waals surface area contributed by atoms with Crippen molar-refractivity contribution in [3.05, 3.63) is 183 Å². The Balaban J connectivity index is 1.19. The number of nitrogens with zero attached hydrogens (tertiary/aromatic N) is 5. The fourth-order valence-electron chi connectivity index (χ4n) is 9.50. The van der Waals surface area contributed by atoms with Crippen molar-refractivity contribution in [2.45, 2.75) is 44.9 Å². The smallest absolute Gasteiger partial charge is 0.0991 e. The average Bonchev–Trinajstić information content (AvgIpc) is 3.34. The molecule has 4 atom stereocenters. The first-order valence-electron chi connectivity index (χ1n) is 18.8. The number of anilines is 1. The Labute approximate surface area is 317 Å². The molecule has 0 fully saturated rings. The molecule has 1 aliphatic heterocycles. The summed E-state index contributed by atoms with van der Waals surface area (Å²) in [6.45, 7) is 5.40. The lowest BCUT2D eigenvalue weighted by molar-refractivity contribution is 0.368. The second-order valence-corrected chi connectivity index (χ2v) is 15.2. The molecule has 0 N–H and O–H groups in total. The molecular weight excluding hydrogens is 659 g/mol. The molecule has 4 aromatic rings. The Morgan fingerprint density at radius 2 is 1.74 bits per heavy atom. The first-order chi connectivity index (χ1) is 26.4. The van der Waals surface area contributed by atoms with Gasteiger partial charge in [-0.15, -0.1) is 0 Å². The summed E-state index contributed by atoms with van der Waals surface area (Å²) < 4.78 is 2.29. The van der Waals surface area contributed by atoms with Crippen molar-refractivity contribution >= 4 is 22.7 Å². The first kappa shape index (κ1) is 33.2. The molecule has 0 saturated carbocycles. The minimum Gasteiger partial charge on any atom is -0.341 e. The van der Waals surface area contributed by atoms with E-state index in [2.05, 4.69) is 139 Å². The Bertz CT molecular complexity index is 2650. The van der Waals surface area contributed by atoms with Crippen LogP contribution in [0, 0.1) is 52.2 Å². The molecule has 5 aliphatic rings. The zero-order valence-electron chi connectivity index (χ0n) is 30.5. The normalized spacial score (nSPS) is 23.8. The summed E-state index contributed by atoms with van der Waals surface area (Å²) in [5, 5.41) is 31.6. The number of allylic oxidation sites excluding steroid dienone is 13. The molecule has 5 nitrogen and oxygen atoms in total. The standard InChI is InChI=1S/C49H39N5/c1-32-11-7-21-46(54-44-20-8-12-33(28-50)25-40(44)41-26-34(29-51)22-23-45(41)54)47(32)48-36(30-52)14-10-17-38(48)35-13-9-15-37(27-35)53-31-49(2)24-6-5-18-42(49)39-16-3-4-19-43(39)53/h3-8,10-12,14-24,26-27,36,42,48H,9,13,25,31H2,1-2H3/t36?,42?,48-,49?/m1/s1. The van der Waals surface area contributed by atoms with Gasteiger partial charge in [-0.1, -0.05) is 91.9 Å². The maximum atomic E-state index is 10.8. The maximum Gasteiger partial charge on any atom is 0.0991 e. The second-order valence-electron chi connectivity index (χ2n) is 15.2. The highest BCUT2D eigenvalue weighted by Gasteiger charge is 2.42. The zero-order chi connectivity index (χ0) is 37.0. The summed E-state index contributed by atoms with van der Waals surface area (Å²) >= 11 is 0. The van der Waals surface area contributed by atoms with E-state index in [1.54, 1.807) is 0 Å². The summed E-state index contributed by atoms with van der Waals surface area (Å²) in [5.74, 6) is -0.252. The maximum absolute atomic E-state index is 10.8. The summed E-state index contributed by atoms with van der Waals surface area (Å²) in [4.78, 5) is 2.51. The average molecular weight is 698 g/mol. The van der Waals surface area contributed by atoms with Crippen molar-refractivity contribution in [2.75, 3.05) is 11.4 Å². The van der Waals surface area contributed by atoms with Gasteiger partial charge in [-0.2, -0.15) is 15.8 Å². The Morgan fingerprint density at radius 1 is 0.870 bits per heavy atom. The number of fused-ring (bicyclic) bond motifs is 6. The third-order valence-electron chi connectivity index (χ3n) is 12.0. The molecule has 0 radical (unpaired) electrons. The van der Waals surface area contributed by atoms with Gasteiger partial charge < -0.3 is 9.47 Å². The summed E-state index contributed by atoms with van der Waals surface area (Å²) in [6.07, 6.45) is 28.4. The number of nitriles is 3. The molecule has 260 valence electrons. The van der Waals surface area contributed by atoms with Crippen LogP contribution in [0.3, 0.4) is 0 Å². The monoisotopic (exact) mass is 697 g/mol. The highest BCUT2D eigenvalue weighted by atomic mass is 15.2. The number of benzene rings is 3. The van der Waals surface area contributed by atoms with Gasteiger partial charge in [0.1, 0.15) is 0 Å². The lowest BCUT2D eigenvalue weighted by atomic mass is 9.67. The number of para-hydroxylation sites is 1. The van der Waals surface area contributed by atoms with E-state index in [0.29, 0.717) is 23.5 Å². The number of rotatable bonds is 4. The van der Waals surface area contributed by atoms with Crippen LogP contribution in [-0.2, 0) is 6.42 Å². The van der Waals surface area contributed by atoms with Crippen molar-refractivity contribution < 1.29 is 0 Å². The van der Waals surface area contributed by atoms with Crippen molar-refractivity contribution in [2.24, 2.45) is 11.3 Å². The topological polar surface area (TPSA) is 79.5 Å². The van der Waals surface area contributed by atoms with E-state index in [1.165, 1.54) is 28.1 Å². The van der Waals surface area contributed by atoms with Crippen molar-refractivity contribution in [1.29, 1.82) is 15.8 Å². The van der Waals surface area contributed by atoms with Crippen LogP contribution in [-0.4, -0.2) is 11.1 Å². The van der Waals surface area contributed by atoms with Crippen LogP contribution in [0.15, 0.2) is 150 Å². The van der Waals surface area contributed by atoms with Gasteiger partial charge in [0.25, 0.3) is 0 Å². The van der Waals surface area contributed by atoms with Gasteiger partial charge >= 0.3 is 0 Å². The summed E-state index contributed by atoms with van der Waals surface area (Å²) in [5.41, 5.74) is 13.7. The Hall–Kier alpha value is -6.61. The molecule has 5 heteroatoms. The zero-order valence-corrected chi connectivity index (χ0v) is 30.5. The van der Waals surface area contributed by atoms with Gasteiger partial charge in [0, 0.05) is 52.6 Å². The predicted molar refractivity (Wildman–Crippen MR) is 217 cm³/mol. The molecule has 1 aromatic heterocycles. The fraction of sp³-hybridized carbons (Fsp3) is 0.204.